The smallest absolute Gasteiger partial charge is 0.326 e. The van der Waals surface area contributed by atoms with Crippen LogP contribution >= 0.6 is 22.9 Å². The van der Waals surface area contributed by atoms with Crippen molar-refractivity contribution in [3.8, 4) is 5.88 Å². The van der Waals surface area contributed by atoms with E-state index in [9.17, 15) is 14.7 Å². The van der Waals surface area contributed by atoms with Crippen LogP contribution in [0.4, 0.5) is 4.79 Å². The van der Waals surface area contributed by atoms with Crippen molar-refractivity contribution in [1.82, 2.24) is 4.57 Å². The molecule has 0 unspecified atom stereocenters. The number of hydrogen-bond acceptors (Lipinski definition) is 4. The fourth-order valence-corrected chi connectivity index (χ4v) is 3.07. The molecule has 0 atom stereocenters. The number of amides is 1. The first kappa shape index (κ1) is 22.9. The van der Waals surface area contributed by atoms with Crippen molar-refractivity contribution >= 4 is 83.4 Å². The standard InChI is InChI=1S/C14H9ClN2O3S.Ca.2H2O/c15-7-3-4-9-8(6-7)11(13(19)17(9)14(16)20)12(18)10-2-1-5-21-10;;;/h1-6,19H,(H2,16,20);;2*1H2. The largest absolute Gasteiger partial charge is 0.494 e. The van der Waals surface area contributed by atoms with Gasteiger partial charge in [0.15, 0.2) is 0 Å². The number of nitrogens with two attached hydrogens (primary N) is 1. The van der Waals surface area contributed by atoms with E-state index in [1.165, 1.54) is 23.5 Å². The van der Waals surface area contributed by atoms with Crippen LogP contribution in [0.15, 0.2) is 35.7 Å². The van der Waals surface area contributed by atoms with Gasteiger partial charge >= 0.3 is 6.03 Å². The normalized spacial score (nSPS) is 9.54. The first-order valence-corrected chi connectivity index (χ1v) is 7.17. The summed E-state index contributed by atoms with van der Waals surface area (Å²) in [5.74, 6) is -0.854. The first-order valence-electron chi connectivity index (χ1n) is 5.91. The molecule has 0 bridgehead atoms. The van der Waals surface area contributed by atoms with Gasteiger partial charge in [0, 0.05) is 48.1 Å². The van der Waals surface area contributed by atoms with Crippen LogP contribution < -0.4 is 5.73 Å². The van der Waals surface area contributed by atoms with Crippen LogP contribution in [0.1, 0.15) is 15.2 Å². The van der Waals surface area contributed by atoms with Crippen molar-refractivity contribution in [2.45, 2.75) is 0 Å². The van der Waals surface area contributed by atoms with Crippen LogP contribution in [0.2, 0.25) is 5.02 Å². The number of nitrogens with zero attached hydrogens (tertiary/aromatic N) is 1. The van der Waals surface area contributed by atoms with Gasteiger partial charge < -0.3 is 21.8 Å². The second kappa shape index (κ2) is 8.82. The van der Waals surface area contributed by atoms with Crippen molar-refractivity contribution in [2.24, 2.45) is 5.73 Å². The van der Waals surface area contributed by atoms with E-state index in [4.69, 9.17) is 17.3 Å². The molecule has 0 saturated heterocycles. The van der Waals surface area contributed by atoms with Crippen LogP contribution in [-0.4, -0.2) is 70.2 Å². The molecule has 24 heavy (non-hydrogen) atoms. The number of carbonyl (C=O) groups excluding carboxylic acids is 2. The second-order valence-corrected chi connectivity index (χ2v) is 5.72. The summed E-state index contributed by atoms with van der Waals surface area (Å²) in [4.78, 5) is 24.5. The van der Waals surface area contributed by atoms with Gasteiger partial charge in [0.2, 0.25) is 11.7 Å². The van der Waals surface area contributed by atoms with Gasteiger partial charge in [-0.05, 0) is 29.6 Å². The summed E-state index contributed by atoms with van der Waals surface area (Å²) in [6.45, 7) is 0. The molecule has 0 aliphatic heterocycles. The minimum Gasteiger partial charge on any atom is -0.494 e. The van der Waals surface area contributed by atoms with Gasteiger partial charge in [0.25, 0.3) is 0 Å². The predicted molar refractivity (Wildman–Crippen MR) is 94.3 cm³/mol. The molecule has 2 aromatic heterocycles. The molecule has 0 aliphatic carbocycles. The molecule has 2 radical (unpaired) electrons. The number of hydrogen-bond donors (Lipinski definition) is 2. The fraction of sp³-hybridized carbons (Fsp3) is 0. The summed E-state index contributed by atoms with van der Waals surface area (Å²) in [5, 5.41) is 12.8. The molecule has 1 amide bonds. The average Bonchev–Trinajstić information content (AvgIpc) is 3.03. The Labute approximate surface area is 175 Å². The minimum atomic E-state index is -0.870. The topological polar surface area (TPSA) is 148 Å². The Morgan fingerprint density at radius 2 is 1.88 bits per heavy atom. The number of aromatic hydroxyl groups is 1. The molecule has 0 spiro atoms. The quantitative estimate of drug-likeness (QED) is 0.494. The Morgan fingerprint density at radius 1 is 1.21 bits per heavy atom. The number of thiophene rings is 1. The molecule has 0 aliphatic rings. The van der Waals surface area contributed by atoms with Gasteiger partial charge in [-0.25, -0.2) is 9.36 Å². The molecule has 2 heterocycles. The van der Waals surface area contributed by atoms with Crippen molar-refractivity contribution in [3.63, 3.8) is 0 Å². The number of fused-ring (bicyclic) bond motifs is 1. The summed E-state index contributed by atoms with van der Waals surface area (Å²) in [6.07, 6.45) is 0. The molecule has 3 rings (SSSR count). The molecular formula is C14H13CaClN2O5S. The molecule has 7 nitrogen and oxygen atoms in total. The summed E-state index contributed by atoms with van der Waals surface area (Å²) < 4.78 is 0.895. The minimum absolute atomic E-state index is 0. The Morgan fingerprint density at radius 3 is 2.42 bits per heavy atom. The first-order chi connectivity index (χ1) is 10.0. The van der Waals surface area contributed by atoms with E-state index in [0.29, 0.717) is 20.8 Å². The van der Waals surface area contributed by atoms with Gasteiger partial charge in [-0.1, -0.05) is 17.7 Å². The van der Waals surface area contributed by atoms with Gasteiger partial charge in [-0.3, -0.25) is 4.79 Å². The van der Waals surface area contributed by atoms with Crippen LogP contribution in [0, 0.1) is 0 Å². The van der Waals surface area contributed by atoms with E-state index in [1.54, 1.807) is 23.6 Å². The van der Waals surface area contributed by atoms with Gasteiger partial charge in [-0.15, -0.1) is 11.3 Å². The zero-order valence-corrected chi connectivity index (χ0v) is 16.0. The molecule has 3 aromatic rings. The van der Waals surface area contributed by atoms with E-state index in [0.717, 1.165) is 4.57 Å². The zero-order chi connectivity index (χ0) is 15.1. The maximum absolute atomic E-state index is 12.5. The van der Waals surface area contributed by atoms with E-state index in [1.807, 2.05) is 0 Å². The maximum atomic E-state index is 12.5. The van der Waals surface area contributed by atoms with Gasteiger partial charge in [0.1, 0.15) is 0 Å². The number of aromatic nitrogens is 1. The van der Waals surface area contributed by atoms with Gasteiger partial charge in [-0.2, -0.15) is 0 Å². The fourth-order valence-electron chi connectivity index (χ4n) is 2.23. The number of ketones is 1. The molecule has 0 saturated carbocycles. The van der Waals surface area contributed by atoms with Gasteiger partial charge in [0.05, 0.1) is 16.0 Å². The monoisotopic (exact) mass is 396 g/mol. The van der Waals surface area contributed by atoms with Crippen molar-refractivity contribution in [2.75, 3.05) is 0 Å². The Hall–Kier alpha value is -1.13. The Balaban J connectivity index is 0.00000176. The Bertz CT molecular complexity index is 879. The number of benzene rings is 1. The van der Waals surface area contributed by atoms with E-state index >= 15 is 0 Å². The Kier molecular flexibility index (Phi) is 8.40. The maximum Gasteiger partial charge on any atom is 0.326 e. The van der Waals surface area contributed by atoms with Crippen LogP contribution in [-0.2, 0) is 0 Å². The van der Waals surface area contributed by atoms with E-state index in [2.05, 4.69) is 0 Å². The number of primary amides is 1. The summed E-state index contributed by atoms with van der Waals surface area (Å²) in [5.41, 5.74) is 5.63. The predicted octanol–water partition coefficient (Wildman–Crippen LogP) is 1.19. The van der Waals surface area contributed by atoms with E-state index in [-0.39, 0.29) is 60.0 Å². The van der Waals surface area contributed by atoms with Crippen LogP contribution in [0.3, 0.4) is 0 Å². The van der Waals surface area contributed by atoms with E-state index < -0.39 is 11.9 Å². The number of halogens is 1. The zero-order valence-electron chi connectivity index (χ0n) is 12.2. The molecule has 7 N–H and O–H groups in total. The summed E-state index contributed by atoms with van der Waals surface area (Å²) in [7, 11) is 0. The molecule has 10 heteroatoms. The molecular weight excluding hydrogens is 384 g/mol. The third-order valence-corrected chi connectivity index (χ3v) is 4.20. The number of carbonyl (C=O) groups is 2. The number of rotatable bonds is 2. The third-order valence-electron chi connectivity index (χ3n) is 3.10. The molecule has 124 valence electrons. The second-order valence-electron chi connectivity index (χ2n) is 4.34. The molecule has 1 aromatic carbocycles. The van der Waals surface area contributed by atoms with Crippen molar-refractivity contribution < 1.29 is 25.6 Å². The average molecular weight is 397 g/mol. The van der Waals surface area contributed by atoms with Crippen LogP contribution in [0.25, 0.3) is 10.9 Å². The summed E-state index contributed by atoms with van der Waals surface area (Å²) >= 11 is 7.19. The SMILES string of the molecule is NC(=O)n1c(O)c(C(=O)c2cccs2)c2cc(Cl)ccc21.O.O.[Ca]. The summed E-state index contributed by atoms with van der Waals surface area (Å²) in [6, 6.07) is 7.12. The van der Waals surface area contributed by atoms with Crippen molar-refractivity contribution in [1.29, 1.82) is 0 Å². The third kappa shape index (κ3) is 3.75. The molecule has 0 fully saturated rings. The van der Waals surface area contributed by atoms with Crippen molar-refractivity contribution in [3.05, 3.63) is 51.2 Å². The van der Waals surface area contributed by atoms with Crippen LogP contribution in [0.5, 0.6) is 5.88 Å².